The van der Waals surface area contributed by atoms with Crippen LogP contribution in [0.15, 0.2) is 11.8 Å². The number of nitrogens with one attached hydrogen (secondary N) is 1. The second-order valence-electron chi connectivity index (χ2n) is 3.97. The molecule has 0 aromatic carbocycles. The predicted molar refractivity (Wildman–Crippen MR) is 86.5 cm³/mol. The van der Waals surface area contributed by atoms with Crippen molar-refractivity contribution >= 4 is 56.7 Å². The van der Waals surface area contributed by atoms with Gasteiger partial charge in [-0.3, -0.25) is 9.59 Å². The second kappa shape index (κ2) is 8.41. The van der Waals surface area contributed by atoms with Gasteiger partial charge in [0.1, 0.15) is 7.21 Å². The van der Waals surface area contributed by atoms with E-state index in [1.807, 2.05) is 13.8 Å². The second-order valence-corrected chi connectivity index (χ2v) is 10.3. The minimum absolute atomic E-state index is 0.0875. The highest BCUT2D eigenvalue weighted by atomic mass is 127. The van der Waals surface area contributed by atoms with E-state index in [-0.39, 0.29) is 24.7 Å². The normalized spacial score (nSPS) is 12.6. The van der Waals surface area contributed by atoms with Gasteiger partial charge in [-0.2, -0.15) is 0 Å². The molecular weight excluding hydrogens is 446 g/mol. The molecule has 0 aliphatic carbocycles. The third kappa shape index (κ3) is 8.95. The summed E-state index contributed by atoms with van der Waals surface area (Å²) >= 11 is 4.16. The van der Waals surface area contributed by atoms with E-state index in [0.717, 1.165) is 5.57 Å². The van der Waals surface area contributed by atoms with Crippen LogP contribution in [0.2, 0.25) is 0 Å². The monoisotopic (exact) mass is 464 g/mol. The molecule has 4 nitrogen and oxygen atoms in total. The summed E-state index contributed by atoms with van der Waals surface area (Å²) in [6, 6.07) is 0. The summed E-state index contributed by atoms with van der Waals surface area (Å²) in [6.07, 6.45) is 2.66. The summed E-state index contributed by atoms with van der Waals surface area (Å²) in [5.41, 5.74) is 6.31. The lowest BCUT2D eigenvalue weighted by atomic mass is 10.1. The quantitative estimate of drug-likeness (QED) is 0.426. The van der Waals surface area contributed by atoms with Crippen molar-refractivity contribution in [1.29, 1.82) is 0 Å². The highest BCUT2D eigenvalue weighted by Crippen LogP contribution is 2.27. The van der Waals surface area contributed by atoms with Gasteiger partial charge in [-0.1, -0.05) is 50.8 Å². The predicted octanol–water partition coefficient (Wildman–Crippen LogP) is 1.94. The molecule has 3 N–H and O–H groups in total. The number of allylic oxidation sites excluding steroid dienone is 1. The summed E-state index contributed by atoms with van der Waals surface area (Å²) in [5.74, 6) is 0.187. The lowest BCUT2D eigenvalue weighted by Gasteiger charge is -2.12. The molecular formula is C11H18I2N2O2. The first-order chi connectivity index (χ1) is 7.77. The Morgan fingerprint density at radius 2 is 1.88 bits per heavy atom. The van der Waals surface area contributed by atoms with Crippen molar-refractivity contribution in [2.45, 2.75) is 28.1 Å². The van der Waals surface area contributed by atoms with Crippen molar-refractivity contribution in [2.24, 2.45) is 5.73 Å². The largest absolute Gasteiger partial charge is 0.405 e. The van der Waals surface area contributed by atoms with Crippen molar-refractivity contribution in [3.63, 3.8) is 0 Å². The smallest absolute Gasteiger partial charge is 0.171 e. The molecule has 0 atom stereocenters. The van der Waals surface area contributed by atoms with Gasteiger partial charge in [0.25, 0.3) is 0 Å². The topological polar surface area (TPSA) is 72.2 Å². The number of carbonyl (C=O) groups excluding carboxylic acids is 2. The fraction of sp³-hybridized carbons (Fsp3) is 0.636. The van der Waals surface area contributed by atoms with Gasteiger partial charge in [0.05, 0.1) is 13.1 Å². The van der Waals surface area contributed by atoms with E-state index in [1.54, 1.807) is 0 Å². The molecule has 17 heavy (non-hydrogen) atoms. The fourth-order valence-electron chi connectivity index (χ4n) is 0.979. The third-order valence-corrected chi connectivity index (χ3v) is 3.38. The van der Waals surface area contributed by atoms with E-state index in [4.69, 9.17) is 5.73 Å². The maximum Gasteiger partial charge on any atom is 0.171 e. The molecule has 0 aromatic heterocycles. The Morgan fingerprint density at radius 3 is 2.35 bits per heavy atom. The van der Waals surface area contributed by atoms with E-state index >= 15 is 0 Å². The summed E-state index contributed by atoms with van der Waals surface area (Å²) in [7, 11) is 0. The minimum atomic E-state index is -0.412. The SMILES string of the molecule is C/C(=C\N)CCC(=O)CNCC(=O)C(C)(I)I. The first kappa shape index (κ1) is 17.3. The van der Waals surface area contributed by atoms with Crippen LogP contribution in [0.25, 0.3) is 0 Å². The van der Waals surface area contributed by atoms with Crippen LogP contribution < -0.4 is 11.1 Å². The number of alkyl halides is 2. The zero-order valence-electron chi connectivity index (χ0n) is 10.1. The van der Waals surface area contributed by atoms with Gasteiger partial charge in [-0.05, 0) is 26.5 Å². The molecule has 0 amide bonds. The van der Waals surface area contributed by atoms with Gasteiger partial charge >= 0.3 is 0 Å². The summed E-state index contributed by atoms with van der Waals surface area (Å²) in [4.78, 5) is 23.0. The Kier molecular flexibility index (Phi) is 8.56. The van der Waals surface area contributed by atoms with Gasteiger partial charge in [0.2, 0.25) is 0 Å². The average Bonchev–Trinajstić information content (AvgIpc) is 2.24. The Balaban J connectivity index is 3.76. The van der Waals surface area contributed by atoms with Crippen LogP contribution >= 0.6 is 45.2 Å². The Bertz CT molecular complexity index is 309. The number of hydrogen-bond acceptors (Lipinski definition) is 4. The first-order valence-electron chi connectivity index (χ1n) is 5.28. The number of Topliss-reactive ketones (excluding diaryl/α,β-unsaturated/α-hetero) is 2. The molecule has 0 bridgehead atoms. The standard InChI is InChI=1S/C11H18I2N2O2/c1-8(5-14)3-4-9(16)6-15-7-10(17)11(2,12)13/h5,15H,3-4,6-7,14H2,1-2H3/b8-5+. The molecule has 0 aliphatic rings. The fourth-order valence-corrected chi connectivity index (χ4v) is 1.36. The molecule has 0 fully saturated rings. The maximum absolute atomic E-state index is 11.5. The van der Waals surface area contributed by atoms with Crippen LogP contribution in [-0.4, -0.2) is 26.1 Å². The summed E-state index contributed by atoms with van der Waals surface area (Å²) in [6.45, 7) is 4.21. The molecule has 0 rings (SSSR count). The molecule has 6 heteroatoms. The Morgan fingerprint density at radius 1 is 1.29 bits per heavy atom. The first-order valence-corrected chi connectivity index (χ1v) is 7.44. The lowest BCUT2D eigenvalue weighted by Crippen LogP contribution is -2.35. The molecule has 0 aliphatic heterocycles. The Hall–Kier alpha value is 0.300. The number of halogens is 2. The van der Waals surface area contributed by atoms with Crippen molar-refractivity contribution in [2.75, 3.05) is 13.1 Å². The summed E-state index contributed by atoms with van der Waals surface area (Å²) < 4.78 is -0.412. The van der Waals surface area contributed by atoms with Crippen LogP contribution in [0.1, 0.15) is 26.7 Å². The van der Waals surface area contributed by atoms with Crippen LogP contribution in [0.4, 0.5) is 0 Å². The highest BCUT2D eigenvalue weighted by molar-refractivity contribution is 14.2. The molecule has 0 radical (unpaired) electrons. The minimum Gasteiger partial charge on any atom is -0.405 e. The molecule has 0 heterocycles. The van der Waals surface area contributed by atoms with Crippen LogP contribution in [0.5, 0.6) is 0 Å². The van der Waals surface area contributed by atoms with Gasteiger partial charge in [0, 0.05) is 6.42 Å². The molecule has 98 valence electrons. The molecule has 0 spiro atoms. The van der Waals surface area contributed by atoms with Crippen LogP contribution in [-0.2, 0) is 9.59 Å². The number of hydrogen-bond donors (Lipinski definition) is 2. The van der Waals surface area contributed by atoms with E-state index in [9.17, 15) is 9.59 Å². The van der Waals surface area contributed by atoms with Crippen molar-refractivity contribution < 1.29 is 9.59 Å². The number of ketones is 2. The highest BCUT2D eigenvalue weighted by Gasteiger charge is 2.24. The van der Waals surface area contributed by atoms with E-state index in [0.29, 0.717) is 12.8 Å². The maximum atomic E-state index is 11.5. The van der Waals surface area contributed by atoms with Gasteiger partial charge < -0.3 is 11.1 Å². The number of carbonyl (C=O) groups is 2. The Labute approximate surface area is 129 Å². The number of rotatable bonds is 8. The van der Waals surface area contributed by atoms with Crippen molar-refractivity contribution in [3.8, 4) is 0 Å². The van der Waals surface area contributed by atoms with Crippen molar-refractivity contribution in [1.82, 2.24) is 5.32 Å². The third-order valence-electron chi connectivity index (χ3n) is 2.18. The molecule has 0 unspecified atom stereocenters. The van der Waals surface area contributed by atoms with E-state index in [2.05, 4.69) is 50.5 Å². The average molecular weight is 464 g/mol. The number of nitrogens with two attached hydrogens (primary N) is 1. The zero-order chi connectivity index (χ0) is 13.5. The zero-order valence-corrected chi connectivity index (χ0v) is 14.4. The molecule has 0 aromatic rings. The van der Waals surface area contributed by atoms with E-state index in [1.165, 1.54) is 6.20 Å². The van der Waals surface area contributed by atoms with Crippen LogP contribution in [0, 0.1) is 0 Å². The summed E-state index contributed by atoms with van der Waals surface area (Å²) in [5, 5.41) is 2.87. The molecule has 0 saturated heterocycles. The van der Waals surface area contributed by atoms with Gasteiger partial charge in [0.15, 0.2) is 5.78 Å². The lowest BCUT2D eigenvalue weighted by molar-refractivity contribution is -0.119. The van der Waals surface area contributed by atoms with E-state index < -0.39 is 1.43 Å². The van der Waals surface area contributed by atoms with Crippen molar-refractivity contribution in [3.05, 3.63) is 11.8 Å². The molecule has 0 saturated carbocycles. The van der Waals surface area contributed by atoms with Gasteiger partial charge in [-0.25, -0.2) is 0 Å². The van der Waals surface area contributed by atoms with Gasteiger partial charge in [-0.15, -0.1) is 0 Å². The van der Waals surface area contributed by atoms with Crippen LogP contribution in [0.3, 0.4) is 0 Å².